The fourth-order valence-electron chi connectivity index (χ4n) is 0.984. The smallest absolute Gasteiger partial charge is 0.214 e. The van der Waals surface area contributed by atoms with Crippen molar-refractivity contribution in [3.8, 4) is 5.88 Å². The summed E-state index contributed by atoms with van der Waals surface area (Å²) < 4.78 is 6.20. The predicted octanol–water partition coefficient (Wildman–Crippen LogP) is 2.15. The van der Waals surface area contributed by atoms with Gasteiger partial charge >= 0.3 is 0 Å². The summed E-state index contributed by atoms with van der Waals surface area (Å²) in [6.45, 7) is 0.472. The van der Waals surface area contributed by atoms with E-state index in [0.717, 1.165) is 10.2 Å². The van der Waals surface area contributed by atoms with Gasteiger partial charge in [0.2, 0.25) is 5.88 Å². The van der Waals surface area contributed by atoms with Gasteiger partial charge < -0.3 is 4.74 Å². The number of pyridine rings is 1. The van der Waals surface area contributed by atoms with E-state index in [0.29, 0.717) is 12.5 Å². The summed E-state index contributed by atoms with van der Waals surface area (Å²) in [6.07, 6.45) is 3.51. The van der Waals surface area contributed by atoms with Gasteiger partial charge in [-0.2, -0.15) is 5.10 Å². The van der Waals surface area contributed by atoms with Crippen molar-refractivity contribution in [1.29, 1.82) is 0 Å². The first-order valence-electron chi connectivity index (χ1n) is 4.07. The van der Waals surface area contributed by atoms with E-state index < -0.39 is 0 Å². The van der Waals surface area contributed by atoms with Gasteiger partial charge in [0.25, 0.3) is 0 Å². The molecule has 1 N–H and O–H groups in total. The van der Waals surface area contributed by atoms with Crippen LogP contribution in [0.2, 0.25) is 0 Å². The first-order valence-corrected chi connectivity index (χ1v) is 4.87. The molecule has 2 aromatic heterocycles. The largest absolute Gasteiger partial charge is 0.473 e. The van der Waals surface area contributed by atoms with E-state index in [2.05, 4.69) is 31.1 Å². The van der Waals surface area contributed by atoms with Crippen molar-refractivity contribution in [1.82, 2.24) is 15.2 Å². The van der Waals surface area contributed by atoms with Gasteiger partial charge in [0.15, 0.2) is 0 Å². The molecule has 5 heteroatoms. The van der Waals surface area contributed by atoms with Gasteiger partial charge in [0, 0.05) is 17.8 Å². The molecule has 4 nitrogen and oxygen atoms in total. The Morgan fingerprint density at radius 3 is 3.07 bits per heavy atom. The number of ether oxygens (including phenoxy) is 1. The molecule has 0 saturated carbocycles. The summed E-state index contributed by atoms with van der Waals surface area (Å²) >= 11 is 3.27. The van der Waals surface area contributed by atoms with E-state index >= 15 is 0 Å². The molecular formula is C9H8BrN3O. The first-order chi connectivity index (χ1) is 6.84. The lowest BCUT2D eigenvalue weighted by atomic mass is 10.4. The van der Waals surface area contributed by atoms with Crippen LogP contribution in [0.15, 0.2) is 35.2 Å². The fraction of sp³-hybridized carbons (Fsp3) is 0.111. The molecule has 14 heavy (non-hydrogen) atoms. The molecule has 2 heterocycles. The van der Waals surface area contributed by atoms with Crippen molar-refractivity contribution in [3.63, 3.8) is 0 Å². The van der Waals surface area contributed by atoms with Crippen LogP contribution in [-0.2, 0) is 6.61 Å². The molecule has 2 aromatic rings. The number of aromatic amines is 1. The Bertz CT molecular complexity index is 402. The van der Waals surface area contributed by atoms with Gasteiger partial charge in [-0.1, -0.05) is 6.07 Å². The summed E-state index contributed by atoms with van der Waals surface area (Å²) in [5.74, 6) is 0.598. The molecule has 0 aliphatic rings. The maximum atomic E-state index is 5.43. The average molecular weight is 254 g/mol. The normalized spacial score (nSPS) is 10.1. The highest BCUT2D eigenvalue weighted by atomic mass is 79.9. The second kappa shape index (κ2) is 4.23. The molecule has 0 spiro atoms. The highest BCUT2D eigenvalue weighted by molar-refractivity contribution is 9.10. The van der Waals surface area contributed by atoms with Crippen molar-refractivity contribution in [2.24, 2.45) is 0 Å². The predicted molar refractivity (Wildman–Crippen MR) is 54.9 cm³/mol. The molecule has 0 aromatic carbocycles. The van der Waals surface area contributed by atoms with Crippen LogP contribution in [0.3, 0.4) is 0 Å². The zero-order valence-corrected chi connectivity index (χ0v) is 8.86. The van der Waals surface area contributed by atoms with Crippen LogP contribution in [-0.4, -0.2) is 15.2 Å². The molecule has 0 fully saturated rings. The third kappa shape index (κ3) is 2.32. The molecule has 0 bridgehead atoms. The Hall–Kier alpha value is -1.36. The average Bonchev–Trinajstić information content (AvgIpc) is 2.67. The zero-order valence-electron chi connectivity index (χ0n) is 7.27. The van der Waals surface area contributed by atoms with Crippen LogP contribution in [0.25, 0.3) is 0 Å². The quantitative estimate of drug-likeness (QED) is 0.854. The molecule has 0 amide bonds. The Labute approximate surface area is 89.5 Å². The number of rotatable bonds is 3. The minimum absolute atomic E-state index is 0.472. The minimum atomic E-state index is 0.472. The van der Waals surface area contributed by atoms with E-state index in [1.165, 1.54) is 0 Å². The first kappa shape index (κ1) is 9.21. The third-order valence-corrected chi connectivity index (χ3v) is 2.07. The topological polar surface area (TPSA) is 50.8 Å². The van der Waals surface area contributed by atoms with Crippen molar-refractivity contribution in [2.75, 3.05) is 0 Å². The van der Waals surface area contributed by atoms with Crippen molar-refractivity contribution >= 4 is 15.9 Å². The lowest BCUT2D eigenvalue weighted by Gasteiger charge is -2.02. The Balaban J connectivity index is 1.98. The second-order valence-corrected chi connectivity index (χ2v) is 3.51. The zero-order chi connectivity index (χ0) is 9.80. The number of nitrogens with zero attached hydrogens (tertiary/aromatic N) is 2. The summed E-state index contributed by atoms with van der Waals surface area (Å²) in [5, 5.41) is 6.54. The lowest BCUT2D eigenvalue weighted by Crippen LogP contribution is -1.95. The van der Waals surface area contributed by atoms with Crippen molar-refractivity contribution < 1.29 is 4.74 Å². The standard InChI is InChI=1S/C9H8BrN3O/c10-8-2-1-3-9(13-8)14-6-7-4-11-12-5-7/h1-5H,6H2,(H,11,12). The van der Waals surface area contributed by atoms with Crippen molar-refractivity contribution in [2.45, 2.75) is 6.61 Å². The molecule has 0 radical (unpaired) electrons. The van der Waals surface area contributed by atoms with Gasteiger partial charge in [-0.25, -0.2) is 4.98 Å². The minimum Gasteiger partial charge on any atom is -0.473 e. The molecule has 2 rings (SSSR count). The van der Waals surface area contributed by atoms with E-state index in [1.807, 2.05) is 18.2 Å². The molecule has 0 atom stereocenters. The number of hydrogen-bond donors (Lipinski definition) is 1. The summed E-state index contributed by atoms with van der Waals surface area (Å²) in [5.41, 5.74) is 0.992. The maximum Gasteiger partial charge on any atom is 0.214 e. The van der Waals surface area contributed by atoms with Gasteiger partial charge in [-0.05, 0) is 22.0 Å². The number of H-pyrrole nitrogens is 1. The highest BCUT2D eigenvalue weighted by Crippen LogP contribution is 2.13. The van der Waals surface area contributed by atoms with Crippen LogP contribution >= 0.6 is 15.9 Å². The molecule has 0 aliphatic heterocycles. The summed E-state index contributed by atoms with van der Waals surface area (Å²) in [4.78, 5) is 4.14. The summed E-state index contributed by atoms with van der Waals surface area (Å²) in [7, 11) is 0. The van der Waals surface area contributed by atoms with Crippen LogP contribution in [0.1, 0.15) is 5.56 Å². The van der Waals surface area contributed by atoms with Gasteiger partial charge in [0.1, 0.15) is 11.2 Å². The van der Waals surface area contributed by atoms with Gasteiger partial charge in [0.05, 0.1) is 6.20 Å². The Morgan fingerprint density at radius 1 is 1.43 bits per heavy atom. The molecular weight excluding hydrogens is 246 g/mol. The molecule has 0 unspecified atom stereocenters. The van der Waals surface area contributed by atoms with Gasteiger partial charge in [-0.3, -0.25) is 5.10 Å². The van der Waals surface area contributed by atoms with Crippen LogP contribution in [0.5, 0.6) is 5.88 Å². The van der Waals surface area contributed by atoms with Gasteiger partial charge in [-0.15, -0.1) is 0 Å². The molecule has 0 aliphatic carbocycles. The van der Waals surface area contributed by atoms with Crippen LogP contribution in [0, 0.1) is 0 Å². The maximum absolute atomic E-state index is 5.43. The third-order valence-electron chi connectivity index (χ3n) is 1.63. The number of hydrogen-bond acceptors (Lipinski definition) is 3. The van der Waals surface area contributed by atoms with Crippen molar-refractivity contribution in [3.05, 3.63) is 40.8 Å². The van der Waals surface area contributed by atoms with E-state index in [-0.39, 0.29) is 0 Å². The number of halogens is 1. The molecule has 0 saturated heterocycles. The monoisotopic (exact) mass is 253 g/mol. The fourth-order valence-corrected chi connectivity index (χ4v) is 1.31. The van der Waals surface area contributed by atoms with E-state index in [4.69, 9.17) is 4.74 Å². The van der Waals surface area contributed by atoms with E-state index in [1.54, 1.807) is 12.4 Å². The number of nitrogens with one attached hydrogen (secondary N) is 1. The Kier molecular flexibility index (Phi) is 2.78. The lowest BCUT2D eigenvalue weighted by molar-refractivity contribution is 0.293. The highest BCUT2D eigenvalue weighted by Gasteiger charge is 1.98. The van der Waals surface area contributed by atoms with E-state index in [9.17, 15) is 0 Å². The Morgan fingerprint density at radius 2 is 2.36 bits per heavy atom. The second-order valence-electron chi connectivity index (χ2n) is 2.69. The number of aromatic nitrogens is 3. The van der Waals surface area contributed by atoms with Crippen LogP contribution < -0.4 is 4.74 Å². The SMILES string of the molecule is Brc1cccc(OCc2cn[nH]c2)n1. The molecule has 72 valence electrons. The summed E-state index contributed by atoms with van der Waals surface area (Å²) in [6, 6.07) is 5.54. The van der Waals surface area contributed by atoms with Crippen LogP contribution in [0.4, 0.5) is 0 Å².